The Hall–Kier alpha value is -3.12. The first-order valence-electron chi connectivity index (χ1n) is 7.20. The van der Waals surface area contributed by atoms with Gasteiger partial charge in [-0.15, -0.1) is 0 Å². The highest BCUT2D eigenvalue weighted by Crippen LogP contribution is 2.34. The van der Waals surface area contributed by atoms with Gasteiger partial charge in [-0.05, 0) is 35.4 Å². The monoisotopic (exact) mass is 337 g/mol. The molecular weight excluding hydrogens is 326 g/mol. The lowest BCUT2D eigenvalue weighted by atomic mass is 9.92. The predicted octanol–water partition coefficient (Wildman–Crippen LogP) is 2.38. The highest BCUT2D eigenvalue weighted by atomic mass is 35.5. The number of pyridine rings is 1. The molecule has 0 spiro atoms. The van der Waals surface area contributed by atoms with E-state index in [0.717, 1.165) is 11.1 Å². The fourth-order valence-corrected chi connectivity index (χ4v) is 2.83. The minimum Gasteiger partial charge on any atom is -0.267 e. The number of hydrogen-bond acceptors (Lipinski definition) is 5. The average Bonchev–Trinajstić information content (AvgIpc) is 2.96. The fraction of sp³-hybridized carbons (Fsp3) is 0. The van der Waals surface area contributed by atoms with Gasteiger partial charge in [0.15, 0.2) is 5.84 Å². The van der Waals surface area contributed by atoms with Crippen LogP contribution in [0.3, 0.4) is 0 Å². The molecule has 3 heterocycles. The number of halogens is 1. The molecule has 2 aliphatic heterocycles. The summed E-state index contributed by atoms with van der Waals surface area (Å²) in [7, 11) is 0. The minimum absolute atomic E-state index is 0.243. The Morgan fingerprint density at radius 3 is 2.38 bits per heavy atom. The van der Waals surface area contributed by atoms with Crippen molar-refractivity contribution in [3.8, 4) is 0 Å². The number of carbonyl (C=O) groups is 1. The molecule has 1 aromatic heterocycles. The van der Waals surface area contributed by atoms with Crippen molar-refractivity contribution in [3.63, 3.8) is 0 Å². The van der Waals surface area contributed by atoms with Crippen LogP contribution >= 0.6 is 11.6 Å². The molecule has 0 radical (unpaired) electrons. The summed E-state index contributed by atoms with van der Waals surface area (Å²) in [6, 6.07) is 10.8. The lowest BCUT2D eigenvalue weighted by Crippen LogP contribution is -2.48. The summed E-state index contributed by atoms with van der Waals surface area (Å²) in [4.78, 5) is 16.8. The number of benzene rings is 1. The van der Waals surface area contributed by atoms with E-state index in [1.54, 1.807) is 24.5 Å². The third kappa shape index (κ3) is 2.24. The van der Waals surface area contributed by atoms with E-state index < -0.39 is 0 Å². The van der Waals surface area contributed by atoms with Gasteiger partial charge in [-0.25, -0.2) is 5.01 Å². The summed E-state index contributed by atoms with van der Waals surface area (Å²) in [5.41, 5.74) is 8.40. The first-order chi connectivity index (χ1) is 11.6. The zero-order chi connectivity index (χ0) is 16.7. The second-order valence-electron chi connectivity index (χ2n) is 5.26. The second-order valence-corrected chi connectivity index (χ2v) is 5.70. The Bertz CT molecular complexity index is 902. The number of fused-ring (bicyclic) bond motifs is 1. The molecule has 0 atom stereocenters. The standard InChI is InChI=1S/C17H12ClN5O/c1-10-20-21-16-14(12-6-8-19-9-7-12)15(17(24)22-23(10)16)11-2-4-13(18)5-3-11/h2-9,20H,1H2,(H,22,24). The lowest BCUT2D eigenvalue weighted by Gasteiger charge is -2.29. The third-order valence-electron chi connectivity index (χ3n) is 3.79. The highest BCUT2D eigenvalue weighted by Gasteiger charge is 2.36. The molecule has 0 saturated heterocycles. The van der Waals surface area contributed by atoms with Gasteiger partial charge in [0.25, 0.3) is 5.91 Å². The van der Waals surface area contributed by atoms with Crippen molar-refractivity contribution < 1.29 is 4.79 Å². The van der Waals surface area contributed by atoms with Crippen molar-refractivity contribution in [3.05, 3.63) is 77.3 Å². The van der Waals surface area contributed by atoms with E-state index in [1.807, 2.05) is 24.3 Å². The van der Waals surface area contributed by atoms with E-state index in [4.69, 9.17) is 11.6 Å². The topological polar surface area (TPSA) is 69.6 Å². The zero-order valence-electron chi connectivity index (χ0n) is 12.5. The molecule has 4 rings (SSSR count). The normalized spacial score (nSPS) is 16.5. The van der Waals surface area contributed by atoms with E-state index in [2.05, 4.69) is 27.5 Å². The Kier molecular flexibility index (Phi) is 3.32. The average molecular weight is 338 g/mol. The summed E-state index contributed by atoms with van der Waals surface area (Å²) < 4.78 is 0. The Morgan fingerprint density at radius 1 is 1.00 bits per heavy atom. The van der Waals surface area contributed by atoms with E-state index >= 15 is 0 Å². The quantitative estimate of drug-likeness (QED) is 0.882. The van der Waals surface area contributed by atoms with Gasteiger partial charge in [-0.2, -0.15) is 5.10 Å². The van der Waals surface area contributed by atoms with Crippen LogP contribution in [0.25, 0.3) is 11.1 Å². The van der Waals surface area contributed by atoms with Gasteiger partial charge in [0.2, 0.25) is 0 Å². The largest absolute Gasteiger partial charge is 0.271 e. The maximum atomic E-state index is 12.8. The number of amides is 1. The van der Waals surface area contributed by atoms with Crippen molar-refractivity contribution >= 4 is 34.5 Å². The van der Waals surface area contributed by atoms with Gasteiger partial charge in [0.1, 0.15) is 5.82 Å². The minimum atomic E-state index is -0.243. The summed E-state index contributed by atoms with van der Waals surface area (Å²) in [6.45, 7) is 3.84. The molecule has 0 fully saturated rings. The molecule has 0 saturated carbocycles. The number of amidine groups is 1. The third-order valence-corrected chi connectivity index (χ3v) is 4.04. The van der Waals surface area contributed by atoms with E-state index in [1.165, 1.54) is 5.01 Å². The lowest BCUT2D eigenvalue weighted by molar-refractivity contribution is -0.118. The number of hydrazine groups is 1. The van der Waals surface area contributed by atoms with Crippen LogP contribution in [0.2, 0.25) is 5.02 Å². The number of hydrazone groups is 1. The molecule has 1 aromatic carbocycles. The summed E-state index contributed by atoms with van der Waals surface area (Å²) in [5, 5.41) is 6.44. The van der Waals surface area contributed by atoms with E-state index in [-0.39, 0.29) is 5.91 Å². The molecular formula is C17H12ClN5O. The van der Waals surface area contributed by atoms with Gasteiger partial charge in [-0.3, -0.25) is 20.6 Å². The highest BCUT2D eigenvalue weighted by molar-refractivity contribution is 6.43. The summed E-state index contributed by atoms with van der Waals surface area (Å²) in [5.74, 6) is 0.823. The number of nitrogens with zero attached hydrogens (tertiary/aromatic N) is 3. The predicted molar refractivity (Wildman–Crippen MR) is 92.2 cm³/mol. The summed E-state index contributed by atoms with van der Waals surface area (Å²) >= 11 is 5.97. The first-order valence-corrected chi connectivity index (χ1v) is 7.57. The molecule has 0 bridgehead atoms. The zero-order valence-corrected chi connectivity index (χ0v) is 13.2. The van der Waals surface area contributed by atoms with Crippen molar-refractivity contribution in [2.45, 2.75) is 0 Å². The van der Waals surface area contributed by atoms with Crippen molar-refractivity contribution in [2.75, 3.05) is 0 Å². The van der Waals surface area contributed by atoms with Crippen LogP contribution in [-0.4, -0.2) is 21.7 Å². The van der Waals surface area contributed by atoms with Crippen LogP contribution in [0.4, 0.5) is 0 Å². The summed E-state index contributed by atoms with van der Waals surface area (Å²) in [6.07, 6.45) is 3.35. The van der Waals surface area contributed by atoms with Crippen molar-refractivity contribution in [2.24, 2.45) is 5.10 Å². The number of aromatic nitrogens is 1. The van der Waals surface area contributed by atoms with Crippen LogP contribution in [-0.2, 0) is 4.79 Å². The molecule has 2 aliphatic rings. The molecule has 2 N–H and O–H groups in total. The fourth-order valence-electron chi connectivity index (χ4n) is 2.70. The SMILES string of the molecule is C=C1NN=C2C(c3ccncc3)=C(c3ccc(Cl)cc3)C(=O)NN12. The number of nitrogens with one attached hydrogen (secondary N) is 2. The molecule has 1 amide bonds. The van der Waals surface area contributed by atoms with Crippen LogP contribution in [0.1, 0.15) is 11.1 Å². The van der Waals surface area contributed by atoms with Crippen LogP contribution < -0.4 is 10.9 Å². The molecule has 0 aliphatic carbocycles. The van der Waals surface area contributed by atoms with E-state index in [9.17, 15) is 4.79 Å². The van der Waals surface area contributed by atoms with Gasteiger partial charge >= 0.3 is 0 Å². The molecule has 0 unspecified atom stereocenters. The Balaban J connectivity index is 1.99. The van der Waals surface area contributed by atoms with Crippen LogP contribution in [0, 0.1) is 0 Å². The number of carbonyl (C=O) groups excluding carboxylic acids is 1. The van der Waals surface area contributed by atoms with Crippen molar-refractivity contribution in [1.29, 1.82) is 0 Å². The second kappa shape index (κ2) is 5.50. The van der Waals surface area contributed by atoms with E-state index in [0.29, 0.717) is 27.8 Å². The number of hydrogen-bond donors (Lipinski definition) is 2. The Labute approximate surface area is 143 Å². The van der Waals surface area contributed by atoms with Crippen LogP contribution in [0.5, 0.6) is 0 Å². The first kappa shape index (κ1) is 14.5. The maximum absolute atomic E-state index is 12.8. The van der Waals surface area contributed by atoms with Gasteiger partial charge in [-0.1, -0.05) is 30.3 Å². The van der Waals surface area contributed by atoms with Gasteiger partial charge < -0.3 is 0 Å². The number of rotatable bonds is 2. The molecule has 24 heavy (non-hydrogen) atoms. The smallest absolute Gasteiger partial charge is 0.267 e. The maximum Gasteiger partial charge on any atom is 0.271 e. The molecule has 6 nitrogen and oxygen atoms in total. The Morgan fingerprint density at radius 2 is 1.67 bits per heavy atom. The van der Waals surface area contributed by atoms with Crippen LogP contribution in [0.15, 0.2) is 66.3 Å². The molecule has 2 aromatic rings. The molecule has 7 heteroatoms. The van der Waals surface area contributed by atoms with Crippen molar-refractivity contribution in [1.82, 2.24) is 20.8 Å². The van der Waals surface area contributed by atoms with Gasteiger partial charge in [0, 0.05) is 23.0 Å². The van der Waals surface area contributed by atoms with Gasteiger partial charge in [0.05, 0.1) is 5.57 Å². The molecule has 118 valence electrons.